The summed E-state index contributed by atoms with van der Waals surface area (Å²) in [5, 5.41) is 10.3. The average Bonchev–Trinajstić information content (AvgIpc) is 3.18. The van der Waals surface area contributed by atoms with Crippen LogP contribution in [0.3, 0.4) is 0 Å². The van der Waals surface area contributed by atoms with Crippen molar-refractivity contribution in [2.45, 2.75) is 39.5 Å². The predicted molar refractivity (Wildman–Crippen MR) is 91.0 cm³/mol. The second-order valence-electron chi connectivity index (χ2n) is 6.24. The minimum absolute atomic E-state index is 0.688. The number of carboxylic acid groups (broad SMARTS) is 1. The van der Waals surface area contributed by atoms with E-state index in [4.69, 9.17) is 4.74 Å². The summed E-state index contributed by atoms with van der Waals surface area (Å²) in [6, 6.07) is 5.56. The number of rotatable bonds is 5. The second kappa shape index (κ2) is 8.56. The topological polar surface area (TPSA) is 49.4 Å². The van der Waals surface area contributed by atoms with Crippen molar-refractivity contribution < 1.29 is 14.6 Å². The quantitative estimate of drug-likeness (QED) is 0.617. The lowest BCUT2D eigenvalue weighted by molar-refractivity contribution is -0.297. The molecule has 2 atom stereocenters. The third-order valence-corrected chi connectivity index (χ3v) is 4.28. The maximum atomic E-state index is 10.3. The van der Waals surface area contributed by atoms with Gasteiger partial charge in [-0.05, 0) is 73.8 Å². The van der Waals surface area contributed by atoms with Crippen LogP contribution in [0.2, 0.25) is 0 Å². The normalized spacial score (nSPS) is 21.3. The minimum atomic E-state index is -1.19. The third kappa shape index (κ3) is 5.59. The molecule has 23 heavy (non-hydrogen) atoms. The van der Waals surface area contributed by atoms with E-state index in [1.165, 1.54) is 25.3 Å². The average molecular weight is 313 g/mol. The molecule has 0 N–H and O–H groups in total. The van der Waals surface area contributed by atoms with Gasteiger partial charge >= 0.3 is 0 Å². The van der Waals surface area contributed by atoms with Gasteiger partial charge in [-0.25, -0.2) is 0 Å². The van der Waals surface area contributed by atoms with Gasteiger partial charge in [-0.3, -0.25) is 0 Å². The molecule has 3 rings (SSSR count). The molecule has 2 unspecified atom stereocenters. The van der Waals surface area contributed by atoms with Crippen molar-refractivity contribution in [1.29, 1.82) is 0 Å². The number of hydrogen-bond donors (Lipinski definition) is 0. The van der Waals surface area contributed by atoms with Crippen LogP contribution in [0.1, 0.15) is 43.7 Å². The molecule has 0 aromatic heterocycles. The van der Waals surface area contributed by atoms with Gasteiger partial charge < -0.3 is 14.6 Å². The number of aryl methyl sites for hydroxylation is 1. The van der Waals surface area contributed by atoms with E-state index in [0.717, 1.165) is 41.2 Å². The molecular weight excluding hydrogens is 288 g/mol. The van der Waals surface area contributed by atoms with Gasteiger partial charge in [0.2, 0.25) is 0 Å². The molecule has 1 aromatic rings. The first-order chi connectivity index (χ1) is 11.1. The van der Waals surface area contributed by atoms with Crippen molar-refractivity contribution in [2.24, 2.45) is 11.8 Å². The molecule has 0 saturated heterocycles. The smallest absolute Gasteiger partial charge is 0.119 e. The van der Waals surface area contributed by atoms with E-state index in [1.807, 2.05) is 32.0 Å². The van der Waals surface area contributed by atoms with Crippen LogP contribution in [0.25, 0.3) is 6.08 Å². The van der Waals surface area contributed by atoms with Crippen molar-refractivity contribution >= 4 is 12.0 Å². The molecule has 3 nitrogen and oxygen atoms in total. The van der Waals surface area contributed by atoms with Crippen LogP contribution in [0.4, 0.5) is 0 Å². The van der Waals surface area contributed by atoms with Gasteiger partial charge in [0.1, 0.15) is 5.75 Å². The zero-order valence-electron chi connectivity index (χ0n) is 14.0. The van der Waals surface area contributed by atoms with Crippen molar-refractivity contribution in [3.63, 3.8) is 0 Å². The molecule has 0 spiro atoms. The summed E-state index contributed by atoms with van der Waals surface area (Å²) in [7, 11) is 0. The van der Waals surface area contributed by atoms with Crippen LogP contribution >= 0.6 is 0 Å². The van der Waals surface area contributed by atoms with Gasteiger partial charge in [-0.2, -0.15) is 0 Å². The molecular formula is C20H25O3-. The van der Waals surface area contributed by atoms with Gasteiger partial charge in [0.25, 0.3) is 0 Å². The first kappa shape index (κ1) is 17.3. The first-order valence-corrected chi connectivity index (χ1v) is 8.39. The summed E-state index contributed by atoms with van der Waals surface area (Å²) in [6.07, 6.45) is 12.7. The number of hydrogen-bond acceptors (Lipinski definition) is 3. The van der Waals surface area contributed by atoms with Crippen molar-refractivity contribution in [2.75, 3.05) is 6.61 Å². The third-order valence-electron chi connectivity index (χ3n) is 4.28. The Kier molecular flexibility index (Phi) is 6.45. The van der Waals surface area contributed by atoms with E-state index >= 15 is 0 Å². The number of ether oxygens (including phenoxy) is 1. The number of carbonyl (C=O) groups is 1. The Bertz CT molecular complexity index is 575. The summed E-state index contributed by atoms with van der Waals surface area (Å²) >= 11 is 0. The monoisotopic (exact) mass is 313 g/mol. The first-order valence-electron chi connectivity index (χ1n) is 8.39. The van der Waals surface area contributed by atoms with Gasteiger partial charge in [-0.1, -0.05) is 31.2 Å². The van der Waals surface area contributed by atoms with Crippen LogP contribution in [0.5, 0.6) is 5.75 Å². The number of fused-ring (bicyclic) bond motifs is 2. The lowest BCUT2D eigenvalue weighted by atomic mass is 10.1. The Balaban J connectivity index is 0.000000223. The predicted octanol–water partition coefficient (Wildman–Crippen LogP) is 3.52. The molecule has 2 bridgehead atoms. The van der Waals surface area contributed by atoms with Crippen molar-refractivity contribution in [3.8, 4) is 5.75 Å². The highest BCUT2D eigenvalue weighted by Gasteiger charge is 2.25. The SMILES string of the molecule is C1=CC2CCC1C2.CCCOc1ccc(C=CC(=O)[O-])c(C)c1. The highest BCUT2D eigenvalue weighted by atomic mass is 16.5. The van der Waals surface area contributed by atoms with Crippen LogP contribution in [0, 0.1) is 18.8 Å². The molecule has 0 heterocycles. The summed E-state index contributed by atoms with van der Waals surface area (Å²) < 4.78 is 5.46. The number of allylic oxidation sites excluding steroid dienone is 2. The van der Waals surface area contributed by atoms with Crippen LogP contribution in [0.15, 0.2) is 36.4 Å². The molecule has 0 aliphatic heterocycles. The van der Waals surface area contributed by atoms with Gasteiger partial charge in [0, 0.05) is 0 Å². The zero-order valence-corrected chi connectivity index (χ0v) is 14.0. The Morgan fingerprint density at radius 3 is 2.43 bits per heavy atom. The molecule has 3 heteroatoms. The Hall–Kier alpha value is -2.03. The number of benzene rings is 1. The lowest BCUT2D eigenvalue weighted by Gasteiger charge is -2.07. The molecule has 0 amide bonds. The summed E-state index contributed by atoms with van der Waals surface area (Å²) in [5.74, 6) is 1.60. The zero-order chi connectivity index (χ0) is 16.7. The molecule has 2 aliphatic carbocycles. The van der Waals surface area contributed by atoms with Gasteiger partial charge in [-0.15, -0.1) is 0 Å². The van der Waals surface area contributed by atoms with Crippen LogP contribution in [-0.2, 0) is 4.79 Å². The molecule has 0 radical (unpaired) electrons. The molecule has 2 aliphatic rings. The Labute approximate surface area is 138 Å². The van der Waals surface area contributed by atoms with E-state index in [9.17, 15) is 9.90 Å². The van der Waals surface area contributed by atoms with E-state index in [1.54, 1.807) is 0 Å². The maximum Gasteiger partial charge on any atom is 0.119 e. The molecule has 124 valence electrons. The lowest BCUT2D eigenvalue weighted by Crippen LogP contribution is -2.18. The Morgan fingerprint density at radius 1 is 1.30 bits per heavy atom. The fourth-order valence-corrected chi connectivity index (χ4v) is 3.02. The van der Waals surface area contributed by atoms with Crippen LogP contribution in [-0.4, -0.2) is 12.6 Å². The number of carboxylic acids is 1. The summed E-state index contributed by atoms with van der Waals surface area (Å²) in [6.45, 7) is 4.64. The van der Waals surface area contributed by atoms with Crippen molar-refractivity contribution in [3.05, 3.63) is 47.6 Å². The summed E-state index contributed by atoms with van der Waals surface area (Å²) in [4.78, 5) is 10.3. The fraction of sp³-hybridized carbons (Fsp3) is 0.450. The van der Waals surface area contributed by atoms with Gasteiger partial charge in [0.15, 0.2) is 0 Å². The van der Waals surface area contributed by atoms with Gasteiger partial charge in [0.05, 0.1) is 12.6 Å². The van der Waals surface area contributed by atoms with E-state index < -0.39 is 5.97 Å². The van der Waals surface area contributed by atoms with Crippen LogP contribution < -0.4 is 9.84 Å². The largest absolute Gasteiger partial charge is 0.545 e. The highest BCUT2D eigenvalue weighted by molar-refractivity contribution is 5.83. The molecule has 1 aromatic carbocycles. The second-order valence-corrected chi connectivity index (χ2v) is 6.24. The summed E-state index contributed by atoms with van der Waals surface area (Å²) in [5.41, 5.74) is 1.83. The maximum absolute atomic E-state index is 10.3. The molecule has 1 fully saturated rings. The van der Waals surface area contributed by atoms with Crippen molar-refractivity contribution in [1.82, 2.24) is 0 Å². The van der Waals surface area contributed by atoms with E-state index in [2.05, 4.69) is 12.2 Å². The number of aliphatic carboxylic acids is 1. The Morgan fingerprint density at radius 2 is 2.00 bits per heavy atom. The fourth-order valence-electron chi connectivity index (χ4n) is 3.02. The minimum Gasteiger partial charge on any atom is -0.545 e. The molecule has 1 saturated carbocycles. The van der Waals surface area contributed by atoms with E-state index in [0.29, 0.717) is 6.61 Å². The van der Waals surface area contributed by atoms with E-state index in [-0.39, 0.29) is 0 Å². The number of carbonyl (C=O) groups excluding carboxylic acids is 1. The highest BCUT2D eigenvalue weighted by Crippen LogP contribution is 2.38. The standard InChI is InChI=1S/C13H16O3.C7H10/c1-3-8-16-12-6-4-11(10(2)9-12)5-7-13(14)15;1-2-7-4-3-6(1)5-7/h4-7,9H,3,8H2,1-2H3,(H,14,15);1-2,6-7H,3-5H2/p-1.